The van der Waals surface area contributed by atoms with Crippen LogP contribution in [0.5, 0.6) is 0 Å². The van der Waals surface area contributed by atoms with E-state index in [2.05, 4.69) is 10.1 Å². The van der Waals surface area contributed by atoms with Gasteiger partial charge in [0.15, 0.2) is 5.76 Å². The van der Waals surface area contributed by atoms with Crippen LogP contribution >= 0.6 is 0 Å². The van der Waals surface area contributed by atoms with Gasteiger partial charge in [0.1, 0.15) is 11.3 Å². The molecule has 1 amide bonds. The molecule has 1 saturated heterocycles. The van der Waals surface area contributed by atoms with Crippen molar-refractivity contribution in [1.29, 1.82) is 0 Å². The van der Waals surface area contributed by atoms with Crippen LogP contribution < -0.4 is 0 Å². The Morgan fingerprint density at radius 1 is 1.26 bits per heavy atom. The number of rotatable bonds is 4. The molecule has 0 saturated carbocycles. The number of likely N-dealkylation sites (tertiary alicyclic amines) is 1. The SMILES string of the molecule is CN(C(=O)OC(C)(C)C)C1CCN(Cc2cc(-c3ccccc3)no2)CC1. The summed E-state index contributed by atoms with van der Waals surface area (Å²) in [4.78, 5) is 16.3. The Morgan fingerprint density at radius 2 is 1.93 bits per heavy atom. The second kappa shape index (κ2) is 8.13. The smallest absolute Gasteiger partial charge is 0.410 e. The lowest BCUT2D eigenvalue weighted by Crippen LogP contribution is -2.46. The topological polar surface area (TPSA) is 58.8 Å². The van der Waals surface area contributed by atoms with Gasteiger partial charge in [0.2, 0.25) is 0 Å². The zero-order chi connectivity index (χ0) is 19.4. The number of amides is 1. The quantitative estimate of drug-likeness (QED) is 0.807. The van der Waals surface area contributed by atoms with Crippen LogP contribution in [0.1, 0.15) is 39.4 Å². The van der Waals surface area contributed by atoms with Gasteiger partial charge in [-0.3, -0.25) is 4.90 Å². The summed E-state index contributed by atoms with van der Waals surface area (Å²) in [6, 6.07) is 12.3. The van der Waals surface area contributed by atoms with Crippen molar-refractivity contribution >= 4 is 6.09 Å². The molecule has 0 radical (unpaired) electrons. The summed E-state index contributed by atoms with van der Waals surface area (Å²) in [5.41, 5.74) is 1.46. The summed E-state index contributed by atoms with van der Waals surface area (Å²) in [6.45, 7) is 8.24. The first kappa shape index (κ1) is 19.4. The highest BCUT2D eigenvalue weighted by Gasteiger charge is 2.28. The molecular weight excluding hydrogens is 342 g/mol. The minimum absolute atomic E-state index is 0.214. The summed E-state index contributed by atoms with van der Waals surface area (Å²) in [5.74, 6) is 0.868. The Labute approximate surface area is 161 Å². The first-order valence-corrected chi connectivity index (χ1v) is 9.51. The van der Waals surface area contributed by atoms with Gasteiger partial charge in [0.05, 0.1) is 6.54 Å². The predicted octanol–water partition coefficient (Wildman–Crippen LogP) is 4.17. The molecule has 1 aliphatic heterocycles. The highest BCUT2D eigenvalue weighted by molar-refractivity contribution is 5.68. The van der Waals surface area contributed by atoms with Gasteiger partial charge in [0.25, 0.3) is 0 Å². The van der Waals surface area contributed by atoms with E-state index in [1.54, 1.807) is 4.90 Å². The second-order valence-electron chi connectivity index (χ2n) is 8.14. The molecule has 2 aromatic rings. The zero-order valence-corrected chi connectivity index (χ0v) is 16.6. The van der Waals surface area contributed by atoms with Crippen molar-refractivity contribution in [3.8, 4) is 11.3 Å². The van der Waals surface area contributed by atoms with E-state index in [1.807, 2.05) is 64.2 Å². The number of benzene rings is 1. The molecule has 3 rings (SSSR count). The number of piperidine rings is 1. The van der Waals surface area contributed by atoms with Crippen LogP contribution in [0.3, 0.4) is 0 Å². The maximum Gasteiger partial charge on any atom is 0.410 e. The fraction of sp³-hybridized carbons (Fsp3) is 0.524. The first-order valence-electron chi connectivity index (χ1n) is 9.51. The van der Waals surface area contributed by atoms with Crippen molar-refractivity contribution in [1.82, 2.24) is 15.0 Å². The van der Waals surface area contributed by atoms with Gasteiger partial charge < -0.3 is 14.2 Å². The molecule has 146 valence electrons. The maximum atomic E-state index is 12.2. The largest absolute Gasteiger partial charge is 0.444 e. The third-order valence-corrected chi connectivity index (χ3v) is 4.79. The molecular formula is C21H29N3O3. The third-order valence-electron chi connectivity index (χ3n) is 4.79. The van der Waals surface area contributed by atoms with E-state index in [-0.39, 0.29) is 12.1 Å². The molecule has 0 aliphatic carbocycles. The molecule has 1 fully saturated rings. The molecule has 0 bridgehead atoms. The molecule has 27 heavy (non-hydrogen) atoms. The van der Waals surface area contributed by atoms with Crippen LogP contribution in [0.2, 0.25) is 0 Å². The molecule has 0 N–H and O–H groups in total. The second-order valence-corrected chi connectivity index (χ2v) is 8.14. The van der Waals surface area contributed by atoms with Gasteiger partial charge in [-0.05, 0) is 33.6 Å². The fourth-order valence-corrected chi connectivity index (χ4v) is 3.30. The summed E-state index contributed by atoms with van der Waals surface area (Å²) in [6.07, 6.45) is 1.61. The Bertz CT molecular complexity index is 744. The Hall–Kier alpha value is -2.34. The zero-order valence-electron chi connectivity index (χ0n) is 16.6. The number of hydrogen-bond donors (Lipinski definition) is 0. The van der Waals surface area contributed by atoms with E-state index in [0.717, 1.165) is 49.5 Å². The lowest BCUT2D eigenvalue weighted by Gasteiger charge is -2.36. The maximum absolute atomic E-state index is 12.2. The number of carbonyl (C=O) groups excluding carboxylic acids is 1. The predicted molar refractivity (Wildman–Crippen MR) is 104 cm³/mol. The van der Waals surface area contributed by atoms with Crippen LogP contribution in [0.4, 0.5) is 4.79 Å². The molecule has 2 heterocycles. The van der Waals surface area contributed by atoms with Gasteiger partial charge in [-0.2, -0.15) is 0 Å². The molecule has 0 atom stereocenters. The van der Waals surface area contributed by atoms with Gasteiger partial charge in [-0.15, -0.1) is 0 Å². The van der Waals surface area contributed by atoms with E-state index >= 15 is 0 Å². The third kappa shape index (κ3) is 5.32. The molecule has 6 nitrogen and oxygen atoms in total. The summed E-state index contributed by atoms with van der Waals surface area (Å²) in [7, 11) is 1.83. The summed E-state index contributed by atoms with van der Waals surface area (Å²) in [5, 5.41) is 4.18. The molecule has 1 aromatic carbocycles. The van der Waals surface area contributed by atoms with Gasteiger partial charge in [0, 0.05) is 37.8 Å². The molecule has 6 heteroatoms. The lowest BCUT2D eigenvalue weighted by molar-refractivity contribution is 0.0145. The summed E-state index contributed by atoms with van der Waals surface area (Å²) >= 11 is 0. The Morgan fingerprint density at radius 3 is 2.56 bits per heavy atom. The highest BCUT2D eigenvalue weighted by Crippen LogP contribution is 2.22. The van der Waals surface area contributed by atoms with E-state index in [4.69, 9.17) is 9.26 Å². The van der Waals surface area contributed by atoms with Crippen molar-refractivity contribution < 1.29 is 14.1 Å². The Balaban J connectivity index is 1.50. The van der Waals surface area contributed by atoms with Crippen LogP contribution in [-0.4, -0.2) is 52.8 Å². The molecule has 0 spiro atoms. The standard InChI is InChI=1S/C21H29N3O3/c1-21(2,3)26-20(25)23(4)17-10-12-24(13-11-17)15-18-14-19(22-27-18)16-8-6-5-7-9-16/h5-9,14,17H,10-13,15H2,1-4H3. The van der Waals surface area contributed by atoms with Crippen LogP contribution in [-0.2, 0) is 11.3 Å². The molecule has 1 aliphatic rings. The number of ether oxygens (including phenoxy) is 1. The minimum atomic E-state index is -0.463. The normalized spacial score (nSPS) is 16.3. The number of nitrogens with zero attached hydrogens (tertiary/aromatic N) is 3. The minimum Gasteiger partial charge on any atom is -0.444 e. The summed E-state index contributed by atoms with van der Waals surface area (Å²) < 4.78 is 11.0. The van der Waals surface area contributed by atoms with Crippen molar-refractivity contribution in [2.45, 2.75) is 51.8 Å². The van der Waals surface area contributed by atoms with Crippen molar-refractivity contribution in [2.75, 3.05) is 20.1 Å². The van der Waals surface area contributed by atoms with E-state index in [1.165, 1.54) is 0 Å². The van der Waals surface area contributed by atoms with Crippen LogP contribution in [0, 0.1) is 0 Å². The van der Waals surface area contributed by atoms with Crippen LogP contribution in [0.15, 0.2) is 40.9 Å². The van der Waals surface area contributed by atoms with Crippen molar-refractivity contribution in [3.63, 3.8) is 0 Å². The van der Waals surface area contributed by atoms with Crippen LogP contribution in [0.25, 0.3) is 11.3 Å². The Kier molecular flexibility index (Phi) is 5.85. The fourth-order valence-electron chi connectivity index (χ4n) is 3.30. The number of hydrogen-bond acceptors (Lipinski definition) is 5. The lowest BCUT2D eigenvalue weighted by atomic mass is 10.0. The van der Waals surface area contributed by atoms with E-state index < -0.39 is 5.60 Å². The van der Waals surface area contributed by atoms with Gasteiger partial charge in [-0.1, -0.05) is 35.5 Å². The average Bonchev–Trinajstić information content (AvgIpc) is 3.09. The van der Waals surface area contributed by atoms with Gasteiger partial charge in [-0.25, -0.2) is 4.79 Å². The number of carbonyl (C=O) groups is 1. The van der Waals surface area contributed by atoms with E-state index in [9.17, 15) is 4.79 Å². The first-order chi connectivity index (χ1) is 12.8. The average molecular weight is 371 g/mol. The molecule has 0 unspecified atom stereocenters. The van der Waals surface area contributed by atoms with E-state index in [0.29, 0.717) is 0 Å². The molecule has 1 aromatic heterocycles. The number of aromatic nitrogens is 1. The highest BCUT2D eigenvalue weighted by atomic mass is 16.6. The van der Waals surface area contributed by atoms with Gasteiger partial charge >= 0.3 is 6.09 Å². The monoisotopic (exact) mass is 371 g/mol. The van der Waals surface area contributed by atoms with Crippen molar-refractivity contribution in [3.05, 3.63) is 42.2 Å². The van der Waals surface area contributed by atoms with Crippen molar-refractivity contribution in [2.24, 2.45) is 0 Å².